The van der Waals surface area contributed by atoms with Gasteiger partial charge in [0.2, 0.25) is 0 Å². The fraction of sp³-hybridized carbons (Fsp3) is 0.455. The Bertz CT molecular complexity index is 305. The fourth-order valence-corrected chi connectivity index (χ4v) is 1.79. The molecule has 1 fully saturated rings. The third-order valence-corrected chi connectivity index (χ3v) is 2.71. The van der Waals surface area contributed by atoms with Crippen molar-refractivity contribution in [2.24, 2.45) is 0 Å². The molecular formula is C11H15NO. The van der Waals surface area contributed by atoms with E-state index in [1.165, 1.54) is 17.5 Å². The number of aryl methyl sites for hydroxylation is 1. The molecule has 13 heavy (non-hydrogen) atoms. The molecule has 2 rings (SSSR count). The molecule has 1 aliphatic heterocycles. The minimum Gasteiger partial charge on any atom is -0.508 e. The predicted octanol–water partition coefficient (Wildman–Crippen LogP) is 1.99. The molecule has 0 bridgehead atoms. The van der Waals surface area contributed by atoms with Crippen molar-refractivity contribution in [1.29, 1.82) is 0 Å². The highest BCUT2D eigenvalue weighted by Crippen LogP contribution is 2.28. The minimum absolute atomic E-state index is 0.375. The Labute approximate surface area is 78.6 Å². The highest BCUT2D eigenvalue weighted by atomic mass is 16.3. The molecule has 2 N–H and O–H groups in total. The van der Waals surface area contributed by atoms with Crippen LogP contribution in [-0.2, 0) is 6.42 Å². The van der Waals surface area contributed by atoms with Crippen LogP contribution in [0.15, 0.2) is 18.2 Å². The fourth-order valence-electron chi connectivity index (χ4n) is 1.79. The lowest BCUT2D eigenvalue weighted by Gasteiger charge is -2.29. The molecule has 1 atom stereocenters. The summed E-state index contributed by atoms with van der Waals surface area (Å²) in [4.78, 5) is 0. The van der Waals surface area contributed by atoms with Gasteiger partial charge in [0.05, 0.1) is 0 Å². The zero-order valence-corrected chi connectivity index (χ0v) is 7.88. The Morgan fingerprint density at radius 1 is 1.54 bits per heavy atom. The van der Waals surface area contributed by atoms with Crippen molar-refractivity contribution in [3.63, 3.8) is 0 Å². The molecule has 0 amide bonds. The summed E-state index contributed by atoms with van der Waals surface area (Å²) in [7, 11) is 0. The number of phenolic OH excluding ortho intramolecular Hbond substituents is 1. The predicted molar refractivity (Wildman–Crippen MR) is 52.8 cm³/mol. The highest BCUT2D eigenvalue weighted by Gasteiger charge is 2.20. The van der Waals surface area contributed by atoms with Crippen molar-refractivity contribution >= 4 is 0 Å². The van der Waals surface area contributed by atoms with Gasteiger partial charge in [-0.15, -0.1) is 0 Å². The third-order valence-electron chi connectivity index (χ3n) is 2.71. The number of nitrogens with one attached hydrogen (secondary N) is 1. The lowest BCUT2D eigenvalue weighted by atomic mass is 9.92. The number of hydrogen-bond donors (Lipinski definition) is 2. The maximum atomic E-state index is 9.32. The Kier molecular flexibility index (Phi) is 2.23. The number of phenols is 1. The maximum absolute atomic E-state index is 9.32. The average Bonchev–Trinajstić information content (AvgIpc) is 2.05. The van der Waals surface area contributed by atoms with Crippen LogP contribution < -0.4 is 5.32 Å². The van der Waals surface area contributed by atoms with Gasteiger partial charge in [-0.05, 0) is 42.6 Å². The molecule has 0 saturated carbocycles. The first-order valence-corrected chi connectivity index (χ1v) is 4.86. The van der Waals surface area contributed by atoms with Crippen molar-refractivity contribution in [2.75, 3.05) is 6.54 Å². The third kappa shape index (κ3) is 1.54. The van der Waals surface area contributed by atoms with Crippen LogP contribution in [0.3, 0.4) is 0 Å². The van der Waals surface area contributed by atoms with E-state index in [0.717, 1.165) is 13.0 Å². The largest absolute Gasteiger partial charge is 0.508 e. The van der Waals surface area contributed by atoms with Gasteiger partial charge in [0.15, 0.2) is 0 Å². The molecular weight excluding hydrogens is 162 g/mol. The second-order valence-corrected chi connectivity index (χ2v) is 3.53. The Hall–Kier alpha value is -1.02. The van der Waals surface area contributed by atoms with Gasteiger partial charge in [-0.3, -0.25) is 0 Å². The van der Waals surface area contributed by atoms with Crippen LogP contribution >= 0.6 is 0 Å². The second kappa shape index (κ2) is 3.38. The summed E-state index contributed by atoms with van der Waals surface area (Å²) in [5, 5.41) is 12.7. The molecule has 70 valence electrons. The van der Waals surface area contributed by atoms with Gasteiger partial charge in [0.1, 0.15) is 5.75 Å². The van der Waals surface area contributed by atoms with Crippen LogP contribution in [-0.4, -0.2) is 11.7 Å². The van der Waals surface area contributed by atoms with Gasteiger partial charge < -0.3 is 10.4 Å². The Morgan fingerprint density at radius 3 is 2.85 bits per heavy atom. The van der Waals surface area contributed by atoms with Crippen LogP contribution in [0, 0.1) is 0 Å². The monoisotopic (exact) mass is 177 g/mol. The smallest absolute Gasteiger partial charge is 0.115 e. The molecule has 0 spiro atoms. The van der Waals surface area contributed by atoms with E-state index in [1.54, 1.807) is 6.07 Å². The summed E-state index contributed by atoms with van der Waals surface area (Å²) in [6, 6.07) is 6.20. The SMILES string of the molecule is CCc1cc(O)ccc1[C@@H]1CCN1. The lowest BCUT2D eigenvalue weighted by Crippen LogP contribution is -2.35. The van der Waals surface area contributed by atoms with Crippen molar-refractivity contribution in [3.8, 4) is 5.75 Å². The van der Waals surface area contributed by atoms with Crippen molar-refractivity contribution in [2.45, 2.75) is 25.8 Å². The molecule has 0 unspecified atom stereocenters. The zero-order chi connectivity index (χ0) is 9.26. The second-order valence-electron chi connectivity index (χ2n) is 3.53. The summed E-state index contributed by atoms with van der Waals surface area (Å²) in [5.41, 5.74) is 2.61. The number of benzene rings is 1. The van der Waals surface area contributed by atoms with Crippen LogP contribution in [0.5, 0.6) is 5.75 Å². The minimum atomic E-state index is 0.375. The summed E-state index contributed by atoms with van der Waals surface area (Å²) < 4.78 is 0. The maximum Gasteiger partial charge on any atom is 0.115 e. The molecule has 2 heteroatoms. The van der Waals surface area contributed by atoms with E-state index < -0.39 is 0 Å². The van der Waals surface area contributed by atoms with E-state index in [4.69, 9.17) is 0 Å². The molecule has 0 aromatic heterocycles. The molecule has 1 aromatic carbocycles. The standard InChI is InChI=1S/C11H15NO/c1-2-8-7-9(13)3-4-10(8)11-5-6-12-11/h3-4,7,11-13H,2,5-6H2,1H3/t11-/m0/s1. The Balaban J connectivity index is 2.32. The summed E-state index contributed by atoms with van der Waals surface area (Å²) in [6.07, 6.45) is 2.21. The van der Waals surface area contributed by atoms with Gasteiger partial charge in [-0.2, -0.15) is 0 Å². The first-order valence-electron chi connectivity index (χ1n) is 4.86. The molecule has 1 saturated heterocycles. The number of aromatic hydroxyl groups is 1. The van der Waals surface area contributed by atoms with E-state index in [1.807, 2.05) is 12.1 Å². The normalized spacial score (nSPS) is 21.2. The molecule has 0 radical (unpaired) electrons. The van der Waals surface area contributed by atoms with E-state index in [2.05, 4.69) is 12.2 Å². The van der Waals surface area contributed by atoms with Crippen LogP contribution in [0.1, 0.15) is 30.5 Å². The van der Waals surface area contributed by atoms with Crippen LogP contribution in [0.4, 0.5) is 0 Å². The van der Waals surface area contributed by atoms with E-state index >= 15 is 0 Å². The molecule has 1 aromatic rings. The van der Waals surface area contributed by atoms with Gasteiger partial charge in [0.25, 0.3) is 0 Å². The Morgan fingerprint density at radius 2 is 2.31 bits per heavy atom. The average molecular weight is 177 g/mol. The van der Waals surface area contributed by atoms with Crippen molar-refractivity contribution in [1.82, 2.24) is 5.32 Å². The molecule has 1 heterocycles. The first-order chi connectivity index (χ1) is 6.31. The lowest BCUT2D eigenvalue weighted by molar-refractivity contribution is 0.380. The van der Waals surface area contributed by atoms with Gasteiger partial charge in [-0.25, -0.2) is 0 Å². The van der Waals surface area contributed by atoms with Gasteiger partial charge >= 0.3 is 0 Å². The van der Waals surface area contributed by atoms with Gasteiger partial charge in [-0.1, -0.05) is 13.0 Å². The summed E-state index contributed by atoms with van der Waals surface area (Å²) >= 11 is 0. The molecule has 2 nitrogen and oxygen atoms in total. The summed E-state index contributed by atoms with van der Waals surface area (Å²) in [5.74, 6) is 0.375. The van der Waals surface area contributed by atoms with E-state index in [-0.39, 0.29) is 0 Å². The zero-order valence-electron chi connectivity index (χ0n) is 7.88. The topological polar surface area (TPSA) is 32.3 Å². The first kappa shape index (κ1) is 8.57. The van der Waals surface area contributed by atoms with E-state index in [9.17, 15) is 5.11 Å². The van der Waals surface area contributed by atoms with E-state index in [0.29, 0.717) is 11.8 Å². The highest BCUT2D eigenvalue weighted by molar-refractivity contribution is 5.37. The van der Waals surface area contributed by atoms with Crippen molar-refractivity contribution < 1.29 is 5.11 Å². The molecule has 0 aliphatic carbocycles. The number of hydrogen-bond acceptors (Lipinski definition) is 2. The summed E-state index contributed by atoms with van der Waals surface area (Å²) in [6.45, 7) is 3.24. The molecule has 1 aliphatic rings. The quantitative estimate of drug-likeness (QED) is 0.724. The van der Waals surface area contributed by atoms with Crippen LogP contribution in [0.2, 0.25) is 0 Å². The van der Waals surface area contributed by atoms with Crippen molar-refractivity contribution in [3.05, 3.63) is 29.3 Å². The van der Waals surface area contributed by atoms with Gasteiger partial charge in [0, 0.05) is 6.04 Å². The van der Waals surface area contributed by atoms with Crippen LogP contribution in [0.25, 0.3) is 0 Å². The number of rotatable bonds is 2.